The number of nitrogens with one attached hydrogen (secondary N) is 2. The van der Waals surface area contributed by atoms with E-state index in [2.05, 4.69) is 10.0 Å². The van der Waals surface area contributed by atoms with E-state index in [1.165, 1.54) is 19.2 Å². The molecule has 0 heterocycles. The van der Waals surface area contributed by atoms with Gasteiger partial charge in [0, 0.05) is 11.3 Å². The molecule has 0 saturated heterocycles. The minimum absolute atomic E-state index is 0.104. The summed E-state index contributed by atoms with van der Waals surface area (Å²) in [5, 5.41) is 22.9. The summed E-state index contributed by atoms with van der Waals surface area (Å²) < 4.78 is 32.8. The quantitative estimate of drug-likeness (QED) is 0.360. The maximum atomic E-state index is 12.7. The minimum atomic E-state index is -4.05. The fourth-order valence-corrected chi connectivity index (χ4v) is 3.73. The molecule has 3 N–H and O–H groups in total. The Morgan fingerprint density at radius 1 is 1.25 bits per heavy atom. The molecular formula is C17H17N3O7S. The van der Waals surface area contributed by atoms with Crippen molar-refractivity contribution < 1.29 is 28.0 Å². The zero-order chi connectivity index (χ0) is 20.5. The van der Waals surface area contributed by atoms with Crippen molar-refractivity contribution in [2.45, 2.75) is 17.4 Å². The molecule has 148 valence electrons. The first-order valence-corrected chi connectivity index (χ1v) is 9.64. The first-order valence-electron chi connectivity index (χ1n) is 8.16. The lowest BCUT2D eigenvalue weighted by molar-refractivity contribution is -0.497. The Balaban J connectivity index is 1.82. The molecule has 0 radical (unpaired) electrons. The lowest BCUT2D eigenvalue weighted by Gasteiger charge is -2.13. The van der Waals surface area contributed by atoms with Gasteiger partial charge in [0.2, 0.25) is 11.9 Å². The topological polar surface area (TPSA) is 148 Å². The summed E-state index contributed by atoms with van der Waals surface area (Å²) in [6.45, 7) is 0. The number of sulfonamides is 1. The lowest BCUT2D eigenvalue weighted by atomic mass is 10.2. The van der Waals surface area contributed by atoms with Crippen LogP contribution in [0.4, 0.5) is 11.4 Å². The van der Waals surface area contributed by atoms with Crippen LogP contribution in [0, 0.1) is 16.0 Å². The van der Waals surface area contributed by atoms with E-state index >= 15 is 0 Å². The predicted octanol–water partition coefficient (Wildman–Crippen LogP) is 1.81. The smallest absolute Gasteiger partial charge is 0.262 e. The van der Waals surface area contributed by atoms with Gasteiger partial charge < -0.3 is 15.2 Å². The summed E-state index contributed by atoms with van der Waals surface area (Å²) in [6, 6.07) is 8.82. The van der Waals surface area contributed by atoms with Gasteiger partial charge in [-0.25, -0.2) is 8.42 Å². The lowest BCUT2D eigenvalue weighted by Crippen LogP contribution is -2.19. The summed E-state index contributed by atoms with van der Waals surface area (Å²) in [7, 11) is -2.65. The Morgan fingerprint density at radius 3 is 2.61 bits per heavy atom. The molecule has 0 aromatic heterocycles. The van der Waals surface area contributed by atoms with Gasteiger partial charge in [0.1, 0.15) is 17.4 Å². The first kappa shape index (κ1) is 19.4. The third kappa shape index (κ3) is 3.98. The molecular weight excluding hydrogens is 390 g/mol. The van der Waals surface area contributed by atoms with Crippen molar-refractivity contribution in [2.24, 2.45) is 5.92 Å². The Kier molecular flexibility index (Phi) is 5.10. The van der Waals surface area contributed by atoms with Crippen LogP contribution in [0.2, 0.25) is 0 Å². The number of amides is 1. The molecule has 0 bridgehead atoms. The summed E-state index contributed by atoms with van der Waals surface area (Å²) >= 11 is 0. The highest BCUT2D eigenvalue weighted by molar-refractivity contribution is 7.92. The maximum Gasteiger partial charge on any atom is 0.262 e. The van der Waals surface area contributed by atoms with Crippen LogP contribution in [0.25, 0.3) is 0 Å². The van der Waals surface area contributed by atoms with Gasteiger partial charge in [0.05, 0.1) is 23.4 Å². The summed E-state index contributed by atoms with van der Waals surface area (Å²) in [5.41, 5.74) is 0.0670. The average molecular weight is 407 g/mol. The number of methoxy groups -OCH3 is 1. The van der Waals surface area contributed by atoms with Gasteiger partial charge in [-0.15, -0.1) is 0 Å². The van der Waals surface area contributed by atoms with Crippen LogP contribution >= 0.6 is 0 Å². The summed E-state index contributed by atoms with van der Waals surface area (Å²) in [4.78, 5) is 22.0. The van der Waals surface area contributed by atoms with E-state index in [0.29, 0.717) is 5.75 Å². The molecule has 2 atom stereocenters. The van der Waals surface area contributed by atoms with Crippen molar-refractivity contribution in [3.05, 3.63) is 52.6 Å². The van der Waals surface area contributed by atoms with E-state index in [4.69, 9.17) is 4.74 Å². The van der Waals surface area contributed by atoms with Crippen molar-refractivity contribution in [3.63, 3.8) is 0 Å². The largest absolute Gasteiger partial charge is 0.506 e. The van der Waals surface area contributed by atoms with Crippen LogP contribution < -0.4 is 14.8 Å². The van der Waals surface area contributed by atoms with Crippen molar-refractivity contribution in [3.8, 4) is 11.5 Å². The van der Waals surface area contributed by atoms with Gasteiger partial charge in [-0.1, -0.05) is 12.1 Å². The number of benzene rings is 2. The highest BCUT2D eigenvalue weighted by Crippen LogP contribution is 2.36. The van der Waals surface area contributed by atoms with Crippen LogP contribution in [-0.2, 0) is 14.8 Å². The van der Waals surface area contributed by atoms with Gasteiger partial charge in [-0.2, -0.15) is 0 Å². The summed E-state index contributed by atoms with van der Waals surface area (Å²) in [6.07, 6.45) is 0.104. The van der Waals surface area contributed by atoms with Crippen LogP contribution in [0.3, 0.4) is 0 Å². The molecule has 1 amide bonds. The number of nitro groups is 1. The standard InChI is InChI=1S/C17H17N3O7S/c1-27-16-5-3-2-4-12(16)19-28(25,26)10-6-7-15(21)13(8-10)18-17(22)11-9-14(11)20(23)24/h2-8,11,14,19,21H,9H2,1H3,(H,18,22). The van der Waals surface area contributed by atoms with E-state index in [0.717, 1.165) is 12.1 Å². The maximum absolute atomic E-state index is 12.7. The molecule has 1 aliphatic carbocycles. The third-order valence-corrected chi connectivity index (χ3v) is 5.61. The number of anilines is 2. The Hall–Kier alpha value is -3.34. The average Bonchev–Trinajstić information content (AvgIpc) is 3.45. The van der Waals surface area contributed by atoms with Crippen molar-refractivity contribution in [1.82, 2.24) is 0 Å². The van der Waals surface area contributed by atoms with Crippen LogP contribution in [0.5, 0.6) is 11.5 Å². The number of rotatable bonds is 7. The normalized spacial score (nSPS) is 18.2. The molecule has 2 aromatic rings. The predicted molar refractivity (Wildman–Crippen MR) is 99.4 cm³/mol. The Morgan fingerprint density at radius 2 is 1.96 bits per heavy atom. The van der Waals surface area contributed by atoms with Crippen molar-refractivity contribution >= 4 is 27.3 Å². The number of aromatic hydroxyl groups is 1. The molecule has 0 spiro atoms. The highest BCUT2D eigenvalue weighted by Gasteiger charge is 2.53. The van der Waals surface area contributed by atoms with Gasteiger partial charge >= 0.3 is 0 Å². The van der Waals surface area contributed by atoms with E-state index in [1.54, 1.807) is 18.2 Å². The molecule has 1 fully saturated rings. The fourth-order valence-electron chi connectivity index (χ4n) is 2.64. The zero-order valence-electron chi connectivity index (χ0n) is 14.7. The third-order valence-electron chi connectivity index (χ3n) is 4.25. The number of carbonyl (C=O) groups is 1. The molecule has 3 rings (SSSR count). The second kappa shape index (κ2) is 7.35. The molecule has 11 heteroatoms. The SMILES string of the molecule is COc1ccccc1NS(=O)(=O)c1ccc(O)c(NC(=O)C2CC2[N+](=O)[O-])c1. The molecule has 1 aliphatic rings. The first-order chi connectivity index (χ1) is 13.2. The number of para-hydroxylation sites is 2. The molecule has 2 aromatic carbocycles. The van der Waals surface area contributed by atoms with Gasteiger partial charge in [0.15, 0.2) is 0 Å². The highest BCUT2D eigenvalue weighted by atomic mass is 32.2. The molecule has 28 heavy (non-hydrogen) atoms. The van der Waals surface area contributed by atoms with Crippen molar-refractivity contribution in [1.29, 1.82) is 0 Å². The molecule has 0 aliphatic heterocycles. The summed E-state index contributed by atoms with van der Waals surface area (Å²) in [5.74, 6) is -1.49. The van der Waals surface area contributed by atoms with Crippen LogP contribution in [0.1, 0.15) is 6.42 Å². The number of phenols is 1. The molecule has 1 saturated carbocycles. The zero-order valence-corrected chi connectivity index (χ0v) is 15.5. The fraction of sp³-hybridized carbons (Fsp3) is 0.235. The second-order valence-corrected chi connectivity index (χ2v) is 7.85. The van der Waals surface area contributed by atoms with Gasteiger partial charge in [-0.3, -0.25) is 19.6 Å². The number of ether oxygens (including phenoxy) is 1. The van der Waals surface area contributed by atoms with Gasteiger partial charge in [0.25, 0.3) is 10.0 Å². The Labute approximate surface area is 160 Å². The number of hydrogen-bond acceptors (Lipinski definition) is 7. The molecule has 10 nitrogen and oxygen atoms in total. The van der Waals surface area contributed by atoms with E-state index in [1.807, 2.05) is 0 Å². The van der Waals surface area contributed by atoms with Crippen LogP contribution in [0.15, 0.2) is 47.4 Å². The van der Waals surface area contributed by atoms with Gasteiger partial charge in [-0.05, 0) is 30.3 Å². The number of carbonyl (C=O) groups excluding carboxylic acids is 1. The number of phenolic OH excluding ortho intramolecular Hbond substituents is 1. The minimum Gasteiger partial charge on any atom is -0.506 e. The number of hydrogen-bond donors (Lipinski definition) is 3. The van der Waals surface area contributed by atoms with Crippen molar-refractivity contribution in [2.75, 3.05) is 17.1 Å². The number of nitrogens with zero attached hydrogens (tertiary/aromatic N) is 1. The van der Waals surface area contributed by atoms with Crippen LogP contribution in [-0.4, -0.2) is 37.5 Å². The van der Waals surface area contributed by atoms with E-state index in [-0.39, 0.29) is 28.4 Å². The van der Waals surface area contributed by atoms with E-state index in [9.17, 15) is 28.4 Å². The Bertz CT molecular complexity index is 1040. The monoisotopic (exact) mass is 407 g/mol. The molecule has 2 unspecified atom stereocenters. The second-order valence-electron chi connectivity index (χ2n) is 6.17. The van der Waals surface area contributed by atoms with E-state index < -0.39 is 32.8 Å².